The van der Waals surface area contributed by atoms with E-state index in [9.17, 15) is 9.90 Å². The number of carbonyl (C=O) groups is 1. The van der Waals surface area contributed by atoms with Crippen molar-refractivity contribution in [2.24, 2.45) is 10.2 Å². The number of rotatable bonds is 3. The molecule has 0 fully saturated rings. The monoisotopic (exact) mass is 314 g/mol. The third-order valence-corrected chi connectivity index (χ3v) is 3.25. The van der Waals surface area contributed by atoms with E-state index in [2.05, 4.69) is 15.2 Å². The number of pyridine rings is 1. The van der Waals surface area contributed by atoms with Crippen molar-refractivity contribution in [1.29, 1.82) is 0 Å². The predicted octanol–water partition coefficient (Wildman–Crippen LogP) is 4.41. The number of benzene rings is 1. The van der Waals surface area contributed by atoms with Gasteiger partial charge >= 0.3 is 5.97 Å². The molecule has 0 spiro atoms. The molecule has 0 aliphatic rings. The molecule has 3 rings (SSSR count). The lowest BCUT2D eigenvalue weighted by Gasteiger charge is -1.98. The molecule has 3 aromatic rings. The highest BCUT2D eigenvalue weighted by molar-refractivity contribution is 6.30. The highest BCUT2D eigenvalue weighted by atomic mass is 35.5. The fourth-order valence-corrected chi connectivity index (χ4v) is 2.21. The van der Waals surface area contributed by atoms with E-state index in [-0.39, 0.29) is 11.5 Å². The van der Waals surface area contributed by atoms with Gasteiger partial charge < -0.3 is 5.11 Å². The Balaban J connectivity index is 2.14. The van der Waals surface area contributed by atoms with Gasteiger partial charge in [0.05, 0.1) is 5.69 Å². The van der Waals surface area contributed by atoms with Crippen LogP contribution >= 0.6 is 11.6 Å². The van der Waals surface area contributed by atoms with Crippen LogP contribution in [-0.2, 0) is 0 Å². The van der Waals surface area contributed by atoms with Crippen LogP contribution in [0.15, 0.2) is 52.8 Å². The Hall–Kier alpha value is -2.73. The summed E-state index contributed by atoms with van der Waals surface area (Å²) in [5.74, 6) is -0.979. The standard InChI is InChI=1S/C15H11ClN4O2/c1-9-5-6-12-17-13(15(21)22)14(20(12)8-9)19-18-11-4-2-3-10(16)7-11/h2-8H,1H3,(H,21,22). The van der Waals surface area contributed by atoms with Crippen LogP contribution in [0.25, 0.3) is 5.65 Å². The number of imidazole rings is 1. The molecule has 0 unspecified atom stereocenters. The summed E-state index contributed by atoms with van der Waals surface area (Å²) in [4.78, 5) is 15.4. The zero-order chi connectivity index (χ0) is 15.7. The van der Waals surface area contributed by atoms with Crippen LogP contribution in [0, 0.1) is 6.92 Å². The van der Waals surface area contributed by atoms with Crippen molar-refractivity contribution in [2.45, 2.75) is 6.92 Å². The molecule has 0 aliphatic heterocycles. The Labute approximate surface area is 130 Å². The summed E-state index contributed by atoms with van der Waals surface area (Å²) in [6.07, 6.45) is 1.76. The number of carboxylic acid groups (broad SMARTS) is 1. The zero-order valence-electron chi connectivity index (χ0n) is 11.6. The van der Waals surface area contributed by atoms with Crippen molar-refractivity contribution in [2.75, 3.05) is 0 Å². The predicted molar refractivity (Wildman–Crippen MR) is 82.5 cm³/mol. The summed E-state index contributed by atoms with van der Waals surface area (Å²) < 4.78 is 1.60. The first kappa shape index (κ1) is 14.2. The molecule has 0 radical (unpaired) electrons. The van der Waals surface area contributed by atoms with Crippen molar-refractivity contribution in [1.82, 2.24) is 9.38 Å². The second-order valence-electron chi connectivity index (χ2n) is 4.70. The quantitative estimate of drug-likeness (QED) is 0.727. The van der Waals surface area contributed by atoms with Crippen LogP contribution in [0.2, 0.25) is 5.02 Å². The summed E-state index contributed by atoms with van der Waals surface area (Å²) in [6.45, 7) is 1.90. The van der Waals surface area contributed by atoms with Gasteiger partial charge in [0.1, 0.15) is 5.65 Å². The Morgan fingerprint density at radius 3 is 2.82 bits per heavy atom. The van der Waals surface area contributed by atoms with Gasteiger partial charge in [0.25, 0.3) is 0 Å². The summed E-state index contributed by atoms with van der Waals surface area (Å²) in [7, 11) is 0. The molecule has 7 heteroatoms. The van der Waals surface area contributed by atoms with Gasteiger partial charge in [0, 0.05) is 11.2 Å². The molecule has 1 aromatic carbocycles. The van der Waals surface area contributed by atoms with E-state index in [0.29, 0.717) is 16.4 Å². The minimum absolute atomic E-state index is 0.142. The molecule has 22 heavy (non-hydrogen) atoms. The minimum Gasteiger partial charge on any atom is -0.476 e. The van der Waals surface area contributed by atoms with Gasteiger partial charge in [-0.15, -0.1) is 10.2 Å². The topological polar surface area (TPSA) is 79.3 Å². The van der Waals surface area contributed by atoms with Gasteiger partial charge in [-0.25, -0.2) is 9.78 Å². The Morgan fingerprint density at radius 1 is 1.27 bits per heavy atom. The van der Waals surface area contributed by atoms with E-state index in [0.717, 1.165) is 5.56 Å². The fraction of sp³-hybridized carbons (Fsp3) is 0.0667. The van der Waals surface area contributed by atoms with Gasteiger partial charge in [-0.1, -0.05) is 23.7 Å². The van der Waals surface area contributed by atoms with Crippen molar-refractivity contribution < 1.29 is 9.90 Å². The van der Waals surface area contributed by atoms with Gasteiger partial charge in [-0.3, -0.25) is 4.40 Å². The summed E-state index contributed by atoms with van der Waals surface area (Å²) in [5, 5.41) is 17.9. The lowest BCUT2D eigenvalue weighted by molar-refractivity contribution is 0.0692. The maximum absolute atomic E-state index is 11.3. The van der Waals surface area contributed by atoms with Crippen LogP contribution in [-0.4, -0.2) is 20.5 Å². The van der Waals surface area contributed by atoms with Crippen LogP contribution in [0.4, 0.5) is 11.5 Å². The van der Waals surface area contributed by atoms with Crippen molar-refractivity contribution >= 4 is 34.7 Å². The number of fused-ring (bicyclic) bond motifs is 1. The third kappa shape index (κ3) is 2.68. The molecular weight excluding hydrogens is 304 g/mol. The SMILES string of the molecule is Cc1ccc2nc(C(=O)O)c(N=Nc3cccc(Cl)c3)n2c1. The summed E-state index contributed by atoms with van der Waals surface area (Å²) in [6, 6.07) is 10.4. The lowest BCUT2D eigenvalue weighted by atomic mass is 10.3. The number of nitrogens with zero attached hydrogens (tertiary/aromatic N) is 4. The second kappa shape index (κ2) is 5.57. The molecule has 0 bridgehead atoms. The second-order valence-corrected chi connectivity index (χ2v) is 5.14. The largest absolute Gasteiger partial charge is 0.476 e. The molecule has 0 amide bonds. The molecule has 6 nitrogen and oxygen atoms in total. The lowest BCUT2D eigenvalue weighted by Crippen LogP contribution is -1.96. The smallest absolute Gasteiger partial charge is 0.358 e. The third-order valence-electron chi connectivity index (χ3n) is 3.01. The van der Waals surface area contributed by atoms with Crippen LogP contribution in [0.5, 0.6) is 0 Å². The van der Waals surface area contributed by atoms with Gasteiger partial charge in [0.15, 0.2) is 11.5 Å². The molecular formula is C15H11ClN4O2. The first-order chi connectivity index (χ1) is 10.5. The van der Waals surface area contributed by atoms with Crippen molar-refractivity contribution in [3.8, 4) is 0 Å². The van der Waals surface area contributed by atoms with Crippen molar-refractivity contribution in [3.05, 3.63) is 58.9 Å². The van der Waals surface area contributed by atoms with Gasteiger partial charge in [-0.05, 0) is 36.8 Å². The van der Waals surface area contributed by atoms with Gasteiger partial charge in [0.2, 0.25) is 0 Å². The summed E-state index contributed by atoms with van der Waals surface area (Å²) in [5.41, 5.74) is 1.85. The Bertz CT molecular complexity index is 902. The highest BCUT2D eigenvalue weighted by Crippen LogP contribution is 2.25. The molecule has 1 N–H and O–H groups in total. The number of hydrogen-bond acceptors (Lipinski definition) is 4. The number of aryl methyl sites for hydroxylation is 1. The normalized spacial score (nSPS) is 11.4. The number of azo groups is 1. The fourth-order valence-electron chi connectivity index (χ4n) is 2.02. The van der Waals surface area contributed by atoms with E-state index in [1.54, 1.807) is 40.9 Å². The maximum Gasteiger partial charge on any atom is 0.358 e. The zero-order valence-corrected chi connectivity index (χ0v) is 12.3. The Kier molecular flexibility index (Phi) is 3.60. The van der Waals surface area contributed by atoms with E-state index >= 15 is 0 Å². The molecule has 0 saturated heterocycles. The molecule has 0 aliphatic carbocycles. The van der Waals surface area contributed by atoms with Crippen LogP contribution in [0.1, 0.15) is 16.1 Å². The van der Waals surface area contributed by atoms with E-state index in [1.807, 2.05) is 13.0 Å². The number of halogens is 1. The van der Waals surface area contributed by atoms with Crippen LogP contribution in [0.3, 0.4) is 0 Å². The number of aromatic nitrogens is 2. The highest BCUT2D eigenvalue weighted by Gasteiger charge is 2.18. The van der Waals surface area contributed by atoms with E-state index in [1.165, 1.54) is 0 Å². The minimum atomic E-state index is -1.15. The average molecular weight is 315 g/mol. The molecule has 2 heterocycles. The molecule has 110 valence electrons. The number of aromatic carboxylic acids is 1. The van der Waals surface area contributed by atoms with Crippen LogP contribution < -0.4 is 0 Å². The van der Waals surface area contributed by atoms with E-state index < -0.39 is 5.97 Å². The molecule has 0 saturated carbocycles. The summed E-state index contributed by atoms with van der Waals surface area (Å²) >= 11 is 5.89. The molecule has 0 atom stereocenters. The van der Waals surface area contributed by atoms with Crippen molar-refractivity contribution in [3.63, 3.8) is 0 Å². The van der Waals surface area contributed by atoms with E-state index in [4.69, 9.17) is 11.6 Å². The first-order valence-electron chi connectivity index (χ1n) is 6.44. The Morgan fingerprint density at radius 2 is 2.09 bits per heavy atom. The average Bonchev–Trinajstić information content (AvgIpc) is 2.83. The van der Waals surface area contributed by atoms with Gasteiger partial charge in [-0.2, -0.15) is 0 Å². The number of carboxylic acids is 1. The maximum atomic E-state index is 11.3. The first-order valence-corrected chi connectivity index (χ1v) is 6.82. The number of hydrogen-bond donors (Lipinski definition) is 1. The molecule has 2 aromatic heterocycles.